The van der Waals surface area contributed by atoms with Crippen LogP contribution in [-0.4, -0.2) is 9.78 Å². The van der Waals surface area contributed by atoms with Crippen molar-refractivity contribution in [3.05, 3.63) is 42.2 Å². The molecule has 0 bridgehead atoms. The molecule has 0 amide bonds. The summed E-state index contributed by atoms with van der Waals surface area (Å²) in [6.07, 6.45) is -1.75. The Hall–Kier alpha value is -1.78. The maximum atomic E-state index is 12.8. The van der Waals surface area contributed by atoms with E-state index in [1.165, 1.54) is 17.3 Å². The molecule has 110 valence electrons. The zero-order valence-corrected chi connectivity index (χ0v) is 11.9. The lowest BCUT2D eigenvalue weighted by atomic mass is 10.1. The van der Waals surface area contributed by atoms with Gasteiger partial charge in [-0.2, -0.15) is 18.3 Å². The third-order valence-electron chi connectivity index (χ3n) is 2.44. The minimum Gasteiger partial charge on any atom is -0.272 e. The maximum Gasteiger partial charge on any atom is 0.435 e. The second kappa shape index (κ2) is 7.12. The summed E-state index contributed by atoms with van der Waals surface area (Å²) < 4.78 is 39.7. The summed E-state index contributed by atoms with van der Waals surface area (Å²) >= 11 is 0. The molecule has 20 heavy (non-hydrogen) atoms. The molecule has 0 atom stereocenters. The Morgan fingerprint density at radius 3 is 2.05 bits per heavy atom. The lowest BCUT2D eigenvalue weighted by Gasteiger charge is -2.05. The largest absolute Gasteiger partial charge is 0.435 e. The van der Waals surface area contributed by atoms with E-state index in [2.05, 4.69) is 18.9 Å². The van der Waals surface area contributed by atoms with Crippen LogP contribution in [0.5, 0.6) is 0 Å². The van der Waals surface area contributed by atoms with Gasteiger partial charge in [0, 0.05) is 18.3 Å². The first-order chi connectivity index (χ1) is 9.43. The van der Waals surface area contributed by atoms with E-state index >= 15 is 0 Å². The number of alkyl halides is 3. The van der Waals surface area contributed by atoms with E-state index in [0.29, 0.717) is 12.1 Å². The van der Waals surface area contributed by atoms with Crippen molar-refractivity contribution in [2.24, 2.45) is 0 Å². The third kappa shape index (κ3) is 4.11. The van der Waals surface area contributed by atoms with Gasteiger partial charge < -0.3 is 0 Å². The first-order valence-corrected chi connectivity index (χ1v) is 6.64. The van der Waals surface area contributed by atoms with Crippen LogP contribution in [0.2, 0.25) is 0 Å². The Bertz CT molecular complexity index is 516. The molecule has 0 N–H and O–H groups in total. The smallest absolute Gasteiger partial charge is 0.272 e. The van der Waals surface area contributed by atoms with E-state index in [1.54, 1.807) is 37.3 Å². The predicted octanol–water partition coefficient (Wildman–Crippen LogP) is 5.01. The van der Waals surface area contributed by atoms with Crippen LogP contribution < -0.4 is 0 Å². The number of hydrogen-bond donors (Lipinski definition) is 0. The van der Waals surface area contributed by atoms with Crippen LogP contribution >= 0.6 is 0 Å². The second-order valence-corrected chi connectivity index (χ2v) is 4.32. The number of rotatable bonds is 2. The van der Waals surface area contributed by atoms with Gasteiger partial charge in [0.2, 0.25) is 0 Å². The molecule has 0 aliphatic carbocycles. The fourth-order valence-corrected chi connectivity index (χ4v) is 1.62. The van der Waals surface area contributed by atoms with Gasteiger partial charge in [-0.15, -0.1) is 0 Å². The van der Waals surface area contributed by atoms with E-state index in [4.69, 9.17) is 0 Å². The van der Waals surface area contributed by atoms with Gasteiger partial charge in [0.25, 0.3) is 0 Å². The first kappa shape index (κ1) is 16.3. The summed E-state index contributed by atoms with van der Waals surface area (Å²) in [6.45, 7) is 6.41. The number of halogens is 3. The minimum atomic E-state index is -4.43. The normalized spacial score (nSPS) is 10.9. The average molecular weight is 284 g/mol. The Labute approximate surface area is 117 Å². The SMILES string of the molecule is CCC.CCn1cc(-c2ccccc2)c(C(F)(F)F)n1. The van der Waals surface area contributed by atoms with E-state index in [0.717, 1.165) is 0 Å². The molecule has 0 radical (unpaired) electrons. The van der Waals surface area contributed by atoms with E-state index < -0.39 is 11.9 Å². The highest BCUT2D eigenvalue weighted by Gasteiger charge is 2.37. The highest BCUT2D eigenvalue weighted by Crippen LogP contribution is 2.35. The van der Waals surface area contributed by atoms with Crippen molar-refractivity contribution >= 4 is 0 Å². The van der Waals surface area contributed by atoms with E-state index in [1.807, 2.05) is 0 Å². The molecule has 2 aromatic rings. The van der Waals surface area contributed by atoms with Crippen molar-refractivity contribution in [1.29, 1.82) is 0 Å². The van der Waals surface area contributed by atoms with Gasteiger partial charge in [0.1, 0.15) is 0 Å². The summed E-state index contributed by atoms with van der Waals surface area (Å²) in [6, 6.07) is 8.47. The zero-order chi connectivity index (χ0) is 15.2. The van der Waals surface area contributed by atoms with Crippen molar-refractivity contribution < 1.29 is 13.2 Å². The summed E-state index contributed by atoms with van der Waals surface area (Å²) in [7, 11) is 0. The molecule has 1 heterocycles. The van der Waals surface area contributed by atoms with Gasteiger partial charge in [-0.1, -0.05) is 50.6 Å². The van der Waals surface area contributed by atoms with Gasteiger partial charge in [0.05, 0.1) is 0 Å². The highest BCUT2D eigenvalue weighted by atomic mass is 19.4. The van der Waals surface area contributed by atoms with Gasteiger partial charge in [-0.05, 0) is 12.5 Å². The van der Waals surface area contributed by atoms with Crippen molar-refractivity contribution in [2.45, 2.75) is 39.9 Å². The Morgan fingerprint density at radius 1 is 1.05 bits per heavy atom. The minimum absolute atomic E-state index is 0.125. The molecule has 0 saturated heterocycles. The summed E-state index contributed by atoms with van der Waals surface area (Å²) in [5.74, 6) is 0. The van der Waals surface area contributed by atoms with Crippen molar-refractivity contribution in [2.75, 3.05) is 0 Å². The molecule has 2 nitrogen and oxygen atoms in total. The van der Waals surface area contributed by atoms with E-state index in [-0.39, 0.29) is 5.56 Å². The first-order valence-electron chi connectivity index (χ1n) is 6.64. The van der Waals surface area contributed by atoms with Gasteiger partial charge in [0.15, 0.2) is 5.69 Å². The molecular formula is C15H19F3N2. The summed E-state index contributed by atoms with van der Waals surface area (Å²) in [4.78, 5) is 0. The fourth-order valence-electron chi connectivity index (χ4n) is 1.62. The fraction of sp³-hybridized carbons (Fsp3) is 0.400. The molecule has 0 aliphatic heterocycles. The standard InChI is InChI=1S/C12H11F3N2.C3H8/c1-2-17-8-10(9-6-4-3-5-7-9)11(16-17)12(13,14)15;1-3-2/h3-8H,2H2,1H3;3H2,1-2H3. The Kier molecular flexibility index (Phi) is 5.80. The topological polar surface area (TPSA) is 17.8 Å². The Balaban J connectivity index is 0.000000612. The molecule has 0 spiro atoms. The monoisotopic (exact) mass is 284 g/mol. The molecule has 0 fully saturated rings. The lowest BCUT2D eigenvalue weighted by molar-refractivity contribution is -0.141. The quantitative estimate of drug-likeness (QED) is 0.758. The lowest BCUT2D eigenvalue weighted by Crippen LogP contribution is -2.08. The predicted molar refractivity (Wildman–Crippen MR) is 74.3 cm³/mol. The summed E-state index contributed by atoms with van der Waals surface area (Å²) in [5.41, 5.74) is -0.176. The van der Waals surface area contributed by atoms with E-state index in [9.17, 15) is 13.2 Å². The van der Waals surface area contributed by atoms with Crippen molar-refractivity contribution in [3.8, 4) is 11.1 Å². The van der Waals surface area contributed by atoms with Gasteiger partial charge in [-0.25, -0.2) is 0 Å². The van der Waals surface area contributed by atoms with Crippen molar-refractivity contribution in [1.82, 2.24) is 9.78 Å². The van der Waals surface area contributed by atoms with Crippen LogP contribution in [0.15, 0.2) is 36.5 Å². The van der Waals surface area contributed by atoms with Gasteiger partial charge in [-0.3, -0.25) is 4.68 Å². The molecule has 0 saturated carbocycles. The highest BCUT2D eigenvalue weighted by molar-refractivity contribution is 5.65. The average Bonchev–Trinajstić information content (AvgIpc) is 2.85. The van der Waals surface area contributed by atoms with Crippen LogP contribution in [0.3, 0.4) is 0 Å². The van der Waals surface area contributed by atoms with Crippen LogP contribution in [0.4, 0.5) is 13.2 Å². The second-order valence-electron chi connectivity index (χ2n) is 4.32. The van der Waals surface area contributed by atoms with Crippen molar-refractivity contribution in [3.63, 3.8) is 0 Å². The maximum absolute atomic E-state index is 12.8. The van der Waals surface area contributed by atoms with Crippen LogP contribution in [0, 0.1) is 0 Å². The molecule has 0 aliphatic rings. The number of aromatic nitrogens is 2. The van der Waals surface area contributed by atoms with Crippen LogP contribution in [0.1, 0.15) is 32.9 Å². The number of aryl methyl sites for hydroxylation is 1. The third-order valence-corrected chi connectivity index (χ3v) is 2.44. The number of benzene rings is 1. The number of nitrogens with zero attached hydrogens (tertiary/aromatic N) is 2. The van der Waals surface area contributed by atoms with Crippen LogP contribution in [-0.2, 0) is 12.7 Å². The van der Waals surface area contributed by atoms with Gasteiger partial charge >= 0.3 is 6.18 Å². The molecule has 0 unspecified atom stereocenters. The molecule has 2 rings (SSSR count). The Morgan fingerprint density at radius 2 is 1.60 bits per heavy atom. The zero-order valence-electron chi connectivity index (χ0n) is 11.9. The molecule has 5 heteroatoms. The number of hydrogen-bond acceptors (Lipinski definition) is 1. The van der Waals surface area contributed by atoms with Crippen LogP contribution in [0.25, 0.3) is 11.1 Å². The summed E-state index contributed by atoms with van der Waals surface area (Å²) in [5, 5.41) is 3.57. The molecule has 1 aromatic carbocycles. The molecule has 1 aromatic heterocycles. The molecular weight excluding hydrogens is 265 g/mol.